The molecular weight excluding hydrogens is 350 g/mol. The van der Waals surface area contributed by atoms with Gasteiger partial charge in [0.25, 0.3) is 5.91 Å². The predicted octanol–water partition coefficient (Wildman–Crippen LogP) is 3.55. The van der Waals surface area contributed by atoms with Crippen LogP contribution in [0.4, 0.5) is 5.69 Å². The first-order chi connectivity index (χ1) is 10.5. The van der Waals surface area contributed by atoms with Gasteiger partial charge in [-0.05, 0) is 55.5 Å². The molecule has 2 rings (SSSR count). The highest BCUT2D eigenvalue weighted by Crippen LogP contribution is 2.16. The summed E-state index contributed by atoms with van der Waals surface area (Å²) in [6, 6.07) is 13.1. The number of carbonyl (C=O) groups excluding carboxylic acids is 1. The van der Waals surface area contributed by atoms with Gasteiger partial charge in [0.15, 0.2) is 6.10 Å². The van der Waals surface area contributed by atoms with Crippen LogP contribution >= 0.6 is 15.9 Å². The number of hydrogen-bond acceptors (Lipinski definition) is 3. The Hall–Kier alpha value is -2.34. The number of rotatable bonds is 5. The van der Waals surface area contributed by atoms with Gasteiger partial charge >= 0.3 is 5.97 Å². The van der Waals surface area contributed by atoms with Crippen LogP contribution in [-0.4, -0.2) is 23.1 Å². The van der Waals surface area contributed by atoms with Gasteiger partial charge in [-0.2, -0.15) is 0 Å². The van der Waals surface area contributed by atoms with Gasteiger partial charge in [0.05, 0.1) is 5.56 Å². The summed E-state index contributed by atoms with van der Waals surface area (Å²) in [7, 11) is 0. The van der Waals surface area contributed by atoms with Crippen LogP contribution in [0.3, 0.4) is 0 Å². The SMILES string of the molecule is CC(Oc1ccc(C(=O)O)cc1)C(=O)Nc1ccc(Br)cc1. The molecule has 0 bridgehead atoms. The van der Waals surface area contributed by atoms with E-state index in [1.165, 1.54) is 24.3 Å². The molecule has 0 spiro atoms. The summed E-state index contributed by atoms with van der Waals surface area (Å²) in [4.78, 5) is 22.8. The fourth-order valence-electron chi connectivity index (χ4n) is 1.71. The Morgan fingerprint density at radius 1 is 1.09 bits per heavy atom. The molecule has 0 aliphatic carbocycles. The molecule has 1 unspecified atom stereocenters. The summed E-state index contributed by atoms with van der Waals surface area (Å²) >= 11 is 3.32. The quantitative estimate of drug-likeness (QED) is 0.851. The van der Waals surface area contributed by atoms with Crippen LogP contribution in [0.1, 0.15) is 17.3 Å². The standard InChI is InChI=1S/C16H14BrNO4/c1-10(15(19)18-13-6-4-12(17)5-7-13)22-14-8-2-11(3-9-14)16(20)21/h2-10H,1H3,(H,18,19)(H,20,21). The molecule has 114 valence electrons. The van der Waals surface area contributed by atoms with Gasteiger partial charge in [-0.3, -0.25) is 4.79 Å². The van der Waals surface area contributed by atoms with Crippen molar-refractivity contribution in [1.29, 1.82) is 0 Å². The van der Waals surface area contributed by atoms with Crippen molar-refractivity contribution < 1.29 is 19.4 Å². The average Bonchev–Trinajstić information content (AvgIpc) is 2.50. The normalized spacial score (nSPS) is 11.5. The number of nitrogens with one attached hydrogen (secondary N) is 1. The Kier molecular flexibility index (Phi) is 5.16. The van der Waals surface area contributed by atoms with Crippen molar-refractivity contribution in [2.24, 2.45) is 0 Å². The molecule has 1 atom stereocenters. The monoisotopic (exact) mass is 363 g/mol. The van der Waals surface area contributed by atoms with Gasteiger partial charge < -0.3 is 15.2 Å². The lowest BCUT2D eigenvalue weighted by atomic mass is 10.2. The molecule has 0 saturated carbocycles. The zero-order chi connectivity index (χ0) is 16.1. The summed E-state index contributed by atoms with van der Waals surface area (Å²) in [5.74, 6) is -0.860. The zero-order valence-electron chi connectivity index (χ0n) is 11.7. The first kappa shape index (κ1) is 16.0. The lowest BCUT2D eigenvalue weighted by Crippen LogP contribution is -2.30. The van der Waals surface area contributed by atoms with Gasteiger partial charge in [-0.25, -0.2) is 4.79 Å². The highest BCUT2D eigenvalue weighted by molar-refractivity contribution is 9.10. The summed E-state index contributed by atoms with van der Waals surface area (Å²) < 4.78 is 6.42. The minimum Gasteiger partial charge on any atom is -0.481 e. The number of hydrogen-bond donors (Lipinski definition) is 2. The number of anilines is 1. The Morgan fingerprint density at radius 2 is 1.68 bits per heavy atom. The molecule has 6 heteroatoms. The van der Waals surface area contributed by atoms with Gasteiger partial charge in [0, 0.05) is 10.2 Å². The molecule has 2 N–H and O–H groups in total. The second-order valence-corrected chi connectivity index (χ2v) is 5.50. The van der Waals surface area contributed by atoms with Crippen molar-refractivity contribution in [2.45, 2.75) is 13.0 Å². The van der Waals surface area contributed by atoms with E-state index in [0.29, 0.717) is 11.4 Å². The highest BCUT2D eigenvalue weighted by atomic mass is 79.9. The van der Waals surface area contributed by atoms with Crippen molar-refractivity contribution in [1.82, 2.24) is 0 Å². The van der Waals surface area contributed by atoms with Crippen LogP contribution in [0.2, 0.25) is 0 Å². The second kappa shape index (κ2) is 7.09. The third-order valence-corrected chi connectivity index (χ3v) is 3.42. The molecule has 0 saturated heterocycles. The summed E-state index contributed by atoms with van der Waals surface area (Å²) in [5.41, 5.74) is 0.837. The van der Waals surface area contributed by atoms with Gasteiger partial charge in [0.2, 0.25) is 0 Å². The molecule has 0 aromatic heterocycles. The molecule has 2 aromatic carbocycles. The topological polar surface area (TPSA) is 75.6 Å². The van der Waals surface area contributed by atoms with E-state index in [0.717, 1.165) is 4.47 Å². The first-order valence-electron chi connectivity index (χ1n) is 6.52. The maximum Gasteiger partial charge on any atom is 0.335 e. The van der Waals surface area contributed by atoms with Crippen LogP contribution in [0, 0.1) is 0 Å². The van der Waals surface area contributed by atoms with Gasteiger partial charge in [-0.1, -0.05) is 15.9 Å². The predicted molar refractivity (Wildman–Crippen MR) is 86.3 cm³/mol. The van der Waals surface area contributed by atoms with E-state index in [1.807, 2.05) is 12.1 Å². The summed E-state index contributed by atoms with van der Waals surface area (Å²) in [6.07, 6.45) is -0.709. The molecule has 5 nitrogen and oxygen atoms in total. The molecule has 2 aromatic rings. The zero-order valence-corrected chi connectivity index (χ0v) is 13.3. The smallest absolute Gasteiger partial charge is 0.335 e. The molecule has 1 amide bonds. The van der Waals surface area contributed by atoms with Crippen molar-refractivity contribution in [3.8, 4) is 5.75 Å². The minimum atomic E-state index is -1.01. The van der Waals surface area contributed by atoms with E-state index in [2.05, 4.69) is 21.2 Å². The van der Waals surface area contributed by atoms with Crippen LogP contribution in [0.25, 0.3) is 0 Å². The molecule has 0 fully saturated rings. The van der Waals surface area contributed by atoms with Gasteiger partial charge in [-0.15, -0.1) is 0 Å². The molecule has 0 aliphatic rings. The first-order valence-corrected chi connectivity index (χ1v) is 7.31. The number of aromatic carboxylic acids is 1. The van der Waals surface area contributed by atoms with E-state index in [1.54, 1.807) is 19.1 Å². The van der Waals surface area contributed by atoms with Gasteiger partial charge in [0.1, 0.15) is 5.75 Å². The Bertz CT molecular complexity index is 668. The number of carboxylic acid groups (broad SMARTS) is 1. The molecule has 0 aliphatic heterocycles. The lowest BCUT2D eigenvalue weighted by Gasteiger charge is -2.15. The van der Waals surface area contributed by atoms with Crippen LogP contribution in [0.5, 0.6) is 5.75 Å². The molecule has 0 radical (unpaired) electrons. The number of ether oxygens (including phenoxy) is 1. The number of halogens is 1. The Labute approximate surface area is 136 Å². The molecular formula is C16H14BrNO4. The maximum absolute atomic E-state index is 12.0. The van der Waals surface area contributed by atoms with Crippen LogP contribution < -0.4 is 10.1 Å². The summed E-state index contributed by atoms with van der Waals surface area (Å²) in [6.45, 7) is 1.62. The summed E-state index contributed by atoms with van der Waals surface area (Å²) in [5, 5.41) is 11.6. The molecule has 0 heterocycles. The number of carbonyl (C=O) groups is 2. The van der Waals surface area contributed by atoms with Crippen LogP contribution in [-0.2, 0) is 4.79 Å². The molecule has 22 heavy (non-hydrogen) atoms. The Balaban J connectivity index is 1.95. The van der Waals surface area contributed by atoms with E-state index in [4.69, 9.17) is 9.84 Å². The van der Waals surface area contributed by atoms with Crippen LogP contribution in [0.15, 0.2) is 53.0 Å². The second-order valence-electron chi connectivity index (χ2n) is 4.59. The average molecular weight is 364 g/mol. The number of benzene rings is 2. The van der Waals surface area contributed by atoms with E-state index >= 15 is 0 Å². The minimum absolute atomic E-state index is 0.166. The van der Waals surface area contributed by atoms with E-state index in [-0.39, 0.29) is 11.5 Å². The van der Waals surface area contributed by atoms with Crippen molar-refractivity contribution >= 4 is 33.5 Å². The maximum atomic E-state index is 12.0. The lowest BCUT2D eigenvalue weighted by molar-refractivity contribution is -0.122. The van der Waals surface area contributed by atoms with E-state index in [9.17, 15) is 9.59 Å². The third kappa shape index (κ3) is 4.33. The number of amides is 1. The third-order valence-electron chi connectivity index (χ3n) is 2.90. The fourth-order valence-corrected chi connectivity index (χ4v) is 1.98. The highest BCUT2D eigenvalue weighted by Gasteiger charge is 2.15. The van der Waals surface area contributed by atoms with Crippen molar-refractivity contribution in [2.75, 3.05) is 5.32 Å². The van der Waals surface area contributed by atoms with E-state index < -0.39 is 12.1 Å². The van der Waals surface area contributed by atoms with Crippen molar-refractivity contribution in [3.05, 3.63) is 58.6 Å². The number of carboxylic acids is 1. The van der Waals surface area contributed by atoms with Crippen molar-refractivity contribution in [3.63, 3.8) is 0 Å². The largest absolute Gasteiger partial charge is 0.481 e. The Morgan fingerprint density at radius 3 is 2.23 bits per heavy atom. The fraction of sp³-hybridized carbons (Fsp3) is 0.125.